The number of fused-ring (bicyclic) bond motifs is 2. The Balaban J connectivity index is 1.24. The molecule has 2 amide bonds. The Morgan fingerprint density at radius 1 is 1.30 bits per heavy atom. The molecule has 0 fully saturated rings. The molecule has 2 aromatic rings. The molecular weight excluding hydrogens is 398 g/mol. The van der Waals surface area contributed by atoms with Gasteiger partial charge in [0.25, 0.3) is 0 Å². The zero-order valence-electron chi connectivity index (χ0n) is 17.1. The molecule has 4 rings (SSSR count). The number of aliphatic imine (C=N–C) groups is 1. The van der Waals surface area contributed by atoms with Gasteiger partial charge < -0.3 is 20.9 Å². The first kappa shape index (κ1) is 20.4. The Kier molecular flexibility index (Phi) is 6.32. The monoisotopic (exact) mass is 425 g/mol. The van der Waals surface area contributed by atoms with Crippen molar-refractivity contribution in [3.63, 3.8) is 0 Å². The quantitative estimate of drug-likeness (QED) is 0.507. The number of nitrogens with one attached hydrogen (secondary N) is 3. The summed E-state index contributed by atoms with van der Waals surface area (Å²) in [6, 6.07) is 10.0. The van der Waals surface area contributed by atoms with E-state index in [0.29, 0.717) is 38.4 Å². The maximum absolute atomic E-state index is 12.6. The number of carbonyl (C=O) groups is 2. The predicted octanol–water partition coefficient (Wildman–Crippen LogP) is 2.31. The van der Waals surface area contributed by atoms with E-state index in [2.05, 4.69) is 32.4 Å². The largest absolute Gasteiger partial charge is 0.356 e. The number of guanidine groups is 1. The van der Waals surface area contributed by atoms with Crippen LogP contribution in [0.5, 0.6) is 0 Å². The fraction of sp³-hybridized carbons (Fsp3) is 0.409. The molecule has 0 saturated carbocycles. The molecule has 0 radical (unpaired) electrons. The zero-order valence-corrected chi connectivity index (χ0v) is 17.9. The Morgan fingerprint density at radius 2 is 2.17 bits per heavy atom. The fourth-order valence-electron chi connectivity index (χ4n) is 4.03. The maximum Gasteiger partial charge on any atom is 0.225 e. The SMILES string of the molecule is CN=C(NCCC(=O)N1CCc2sccc2C1)NCC1CC(=O)Nc2ccccc21. The van der Waals surface area contributed by atoms with Crippen molar-refractivity contribution in [3.05, 3.63) is 51.7 Å². The maximum atomic E-state index is 12.6. The lowest BCUT2D eigenvalue weighted by molar-refractivity contribution is -0.132. The average molecular weight is 426 g/mol. The van der Waals surface area contributed by atoms with Crippen LogP contribution in [0, 0.1) is 0 Å². The Morgan fingerprint density at radius 3 is 3.03 bits per heavy atom. The summed E-state index contributed by atoms with van der Waals surface area (Å²) in [6.45, 7) is 2.63. The Bertz CT molecular complexity index is 955. The van der Waals surface area contributed by atoms with Crippen LogP contribution in [0.3, 0.4) is 0 Å². The average Bonchev–Trinajstić information content (AvgIpc) is 3.23. The fourth-order valence-corrected chi connectivity index (χ4v) is 4.92. The summed E-state index contributed by atoms with van der Waals surface area (Å²) >= 11 is 1.78. The van der Waals surface area contributed by atoms with Gasteiger partial charge in [-0.3, -0.25) is 14.6 Å². The summed E-state index contributed by atoms with van der Waals surface area (Å²) in [7, 11) is 1.71. The predicted molar refractivity (Wildman–Crippen MR) is 120 cm³/mol. The van der Waals surface area contributed by atoms with Crippen LogP contribution in [0.15, 0.2) is 40.7 Å². The van der Waals surface area contributed by atoms with Gasteiger partial charge >= 0.3 is 0 Å². The summed E-state index contributed by atoms with van der Waals surface area (Å²) in [5.74, 6) is 0.922. The van der Waals surface area contributed by atoms with Crippen molar-refractivity contribution in [1.82, 2.24) is 15.5 Å². The van der Waals surface area contributed by atoms with Crippen LogP contribution in [0.2, 0.25) is 0 Å². The number of anilines is 1. The van der Waals surface area contributed by atoms with Gasteiger partial charge in [-0.2, -0.15) is 0 Å². The molecule has 2 aliphatic heterocycles. The topological polar surface area (TPSA) is 85.8 Å². The van der Waals surface area contributed by atoms with Crippen LogP contribution in [0.1, 0.15) is 34.8 Å². The van der Waals surface area contributed by atoms with Gasteiger partial charge in [0.15, 0.2) is 5.96 Å². The van der Waals surface area contributed by atoms with E-state index in [-0.39, 0.29) is 17.7 Å². The lowest BCUT2D eigenvalue weighted by Crippen LogP contribution is -2.42. The van der Waals surface area contributed by atoms with E-state index < -0.39 is 0 Å². The Hall–Kier alpha value is -2.87. The van der Waals surface area contributed by atoms with Crippen molar-refractivity contribution in [2.24, 2.45) is 4.99 Å². The Labute approximate surface area is 180 Å². The van der Waals surface area contributed by atoms with Crippen LogP contribution in [0.4, 0.5) is 5.69 Å². The van der Waals surface area contributed by atoms with Crippen LogP contribution in [-0.4, -0.2) is 49.4 Å². The van der Waals surface area contributed by atoms with Crippen LogP contribution >= 0.6 is 11.3 Å². The van der Waals surface area contributed by atoms with E-state index in [1.807, 2.05) is 29.2 Å². The lowest BCUT2D eigenvalue weighted by Gasteiger charge is -2.27. The van der Waals surface area contributed by atoms with Crippen molar-refractivity contribution in [1.29, 1.82) is 0 Å². The molecule has 30 heavy (non-hydrogen) atoms. The molecule has 0 saturated heterocycles. The van der Waals surface area contributed by atoms with Crippen LogP contribution < -0.4 is 16.0 Å². The minimum atomic E-state index is 0.0318. The highest BCUT2D eigenvalue weighted by atomic mass is 32.1. The number of benzene rings is 1. The summed E-state index contributed by atoms with van der Waals surface area (Å²) in [5.41, 5.74) is 3.29. The van der Waals surface area contributed by atoms with E-state index in [1.54, 1.807) is 18.4 Å². The third kappa shape index (κ3) is 4.64. The molecule has 1 aromatic carbocycles. The molecule has 0 spiro atoms. The molecule has 2 aliphatic rings. The zero-order chi connectivity index (χ0) is 20.9. The highest BCUT2D eigenvalue weighted by Gasteiger charge is 2.25. The van der Waals surface area contributed by atoms with Gasteiger partial charge in [-0.05, 0) is 35.1 Å². The van der Waals surface area contributed by atoms with E-state index in [9.17, 15) is 9.59 Å². The van der Waals surface area contributed by atoms with Crippen molar-refractivity contribution >= 4 is 34.8 Å². The first-order valence-corrected chi connectivity index (χ1v) is 11.2. The number of thiophene rings is 1. The van der Waals surface area contributed by atoms with Crippen molar-refractivity contribution < 1.29 is 9.59 Å². The summed E-state index contributed by atoms with van der Waals surface area (Å²) < 4.78 is 0. The minimum Gasteiger partial charge on any atom is -0.356 e. The summed E-state index contributed by atoms with van der Waals surface area (Å²) in [4.78, 5) is 32.1. The number of rotatable bonds is 5. The van der Waals surface area contributed by atoms with Crippen molar-refractivity contribution in [3.8, 4) is 0 Å². The molecule has 1 aromatic heterocycles. The van der Waals surface area contributed by atoms with E-state index in [4.69, 9.17) is 0 Å². The molecule has 1 unspecified atom stereocenters. The van der Waals surface area contributed by atoms with Gasteiger partial charge in [0, 0.05) is 62.6 Å². The van der Waals surface area contributed by atoms with Gasteiger partial charge in [0.1, 0.15) is 0 Å². The molecule has 7 nitrogen and oxygen atoms in total. The highest BCUT2D eigenvalue weighted by Crippen LogP contribution is 2.31. The summed E-state index contributed by atoms with van der Waals surface area (Å²) in [5, 5.41) is 11.5. The molecular formula is C22H27N5O2S. The second-order valence-corrected chi connectivity index (χ2v) is 8.60. The number of nitrogens with zero attached hydrogens (tertiary/aromatic N) is 2. The highest BCUT2D eigenvalue weighted by molar-refractivity contribution is 7.10. The third-order valence-electron chi connectivity index (χ3n) is 5.64. The minimum absolute atomic E-state index is 0.0318. The first-order valence-electron chi connectivity index (χ1n) is 10.3. The molecule has 158 valence electrons. The molecule has 8 heteroatoms. The number of amides is 2. The van der Waals surface area contributed by atoms with Gasteiger partial charge in [-0.25, -0.2) is 0 Å². The van der Waals surface area contributed by atoms with Crippen LogP contribution in [0.25, 0.3) is 0 Å². The van der Waals surface area contributed by atoms with E-state index in [1.165, 1.54) is 10.4 Å². The number of para-hydroxylation sites is 1. The molecule has 3 N–H and O–H groups in total. The second-order valence-electron chi connectivity index (χ2n) is 7.60. The van der Waals surface area contributed by atoms with Gasteiger partial charge in [-0.15, -0.1) is 11.3 Å². The number of carbonyl (C=O) groups excluding carboxylic acids is 2. The standard InChI is InChI=1S/C22H27N5O2S/c1-23-22(25-13-16-12-20(28)26-18-5-3-2-4-17(16)18)24-9-6-21(29)27-10-7-19-15(14-27)8-11-30-19/h2-5,8,11,16H,6-7,9-10,12-14H2,1H3,(H,26,28)(H2,23,24,25). The normalized spacial score (nSPS) is 18.3. The third-order valence-corrected chi connectivity index (χ3v) is 6.66. The summed E-state index contributed by atoms with van der Waals surface area (Å²) in [6.07, 6.45) is 1.82. The van der Waals surface area contributed by atoms with Gasteiger partial charge in [0.05, 0.1) is 0 Å². The molecule has 0 aliphatic carbocycles. The smallest absolute Gasteiger partial charge is 0.225 e. The van der Waals surface area contributed by atoms with Gasteiger partial charge in [0.2, 0.25) is 11.8 Å². The first-order chi connectivity index (χ1) is 14.6. The molecule has 1 atom stereocenters. The van der Waals surface area contributed by atoms with Crippen molar-refractivity contribution in [2.75, 3.05) is 32.0 Å². The number of hydrogen-bond acceptors (Lipinski definition) is 4. The van der Waals surface area contributed by atoms with Crippen LogP contribution in [-0.2, 0) is 22.6 Å². The van der Waals surface area contributed by atoms with E-state index >= 15 is 0 Å². The molecule has 3 heterocycles. The molecule has 0 bridgehead atoms. The van der Waals surface area contributed by atoms with Gasteiger partial charge in [-0.1, -0.05) is 18.2 Å². The lowest BCUT2D eigenvalue weighted by atomic mass is 9.90. The second kappa shape index (κ2) is 9.30. The van der Waals surface area contributed by atoms with Crippen molar-refractivity contribution in [2.45, 2.75) is 31.7 Å². The van der Waals surface area contributed by atoms with E-state index in [0.717, 1.165) is 24.2 Å². The number of hydrogen-bond donors (Lipinski definition) is 3.